The van der Waals surface area contributed by atoms with E-state index >= 15 is 8.78 Å². The lowest BCUT2D eigenvalue weighted by Gasteiger charge is -2.36. The van der Waals surface area contributed by atoms with Crippen LogP contribution in [0.15, 0.2) is 47.2 Å². The van der Waals surface area contributed by atoms with Crippen LogP contribution in [-0.2, 0) is 0 Å². The molecule has 0 aliphatic heterocycles. The molecule has 0 unspecified atom stereocenters. The second-order valence-electron chi connectivity index (χ2n) is 10.3. The molecule has 208 valence electrons. The minimum Gasteiger partial charge on any atom is -0.391 e. The number of hydrogen-bond acceptors (Lipinski definition) is 7. The maximum absolute atomic E-state index is 15.2. The van der Waals surface area contributed by atoms with Gasteiger partial charge in [-0.15, -0.1) is 0 Å². The van der Waals surface area contributed by atoms with Crippen molar-refractivity contribution in [2.75, 3.05) is 5.32 Å². The van der Waals surface area contributed by atoms with Crippen molar-refractivity contribution in [3.8, 4) is 22.4 Å². The second-order valence-corrected chi connectivity index (χ2v) is 10.3. The fourth-order valence-electron chi connectivity index (χ4n) is 5.46. The van der Waals surface area contributed by atoms with Gasteiger partial charge in [-0.1, -0.05) is 12.1 Å². The van der Waals surface area contributed by atoms with E-state index in [1.54, 1.807) is 26.1 Å². The number of nitrogens with two attached hydrogens (primary N) is 1. The van der Waals surface area contributed by atoms with Gasteiger partial charge >= 0.3 is 0 Å². The predicted molar refractivity (Wildman–Crippen MR) is 142 cm³/mol. The van der Waals surface area contributed by atoms with Crippen LogP contribution in [0.2, 0.25) is 0 Å². The fraction of sp³-hybridized carbons (Fsp3) is 0.310. The first-order chi connectivity index (χ1) is 19.0. The van der Waals surface area contributed by atoms with Gasteiger partial charge in [-0.25, -0.2) is 18.2 Å². The molecule has 0 saturated heterocycles. The van der Waals surface area contributed by atoms with Crippen molar-refractivity contribution in [3.63, 3.8) is 0 Å². The number of aliphatic hydroxyl groups is 1. The zero-order valence-corrected chi connectivity index (χ0v) is 22.1. The Hall–Kier alpha value is -4.09. The van der Waals surface area contributed by atoms with Crippen molar-refractivity contribution in [2.45, 2.75) is 51.7 Å². The van der Waals surface area contributed by atoms with E-state index in [0.29, 0.717) is 35.5 Å². The normalized spacial score (nSPS) is 20.9. The molecule has 8 nitrogen and oxygen atoms in total. The number of amides is 1. The molecule has 1 aliphatic rings. The van der Waals surface area contributed by atoms with Crippen LogP contribution in [0.1, 0.15) is 53.2 Å². The van der Waals surface area contributed by atoms with Gasteiger partial charge in [-0.05, 0) is 80.0 Å². The minimum absolute atomic E-state index is 0.0390. The van der Waals surface area contributed by atoms with Gasteiger partial charge < -0.3 is 20.7 Å². The van der Waals surface area contributed by atoms with Crippen LogP contribution < -0.4 is 11.1 Å². The first-order valence-electron chi connectivity index (χ1n) is 12.8. The average Bonchev–Trinajstić information content (AvgIpc) is 3.25. The van der Waals surface area contributed by atoms with Crippen molar-refractivity contribution >= 4 is 11.6 Å². The number of carbonyl (C=O) groups is 1. The molecule has 3 heterocycles. The highest BCUT2D eigenvalue weighted by atomic mass is 19.1. The van der Waals surface area contributed by atoms with Crippen molar-refractivity contribution in [1.29, 1.82) is 0 Å². The number of carbonyl (C=O) groups excluding carboxylic acids is 1. The summed E-state index contributed by atoms with van der Waals surface area (Å²) in [6, 6.07) is 5.52. The van der Waals surface area contributed by atoms with E-state index in [4.69, 9.17) is 10.3 Å². The van der Waals surface area contributed by atoms with E-state index in [1.165, 1.54) is 6.20 Å². The molecule has 0 radical (unpaired) electrons. The van der Waals surface area contributed by atoms with Crippen LogP contribution >= 0.6 is 0 Å². The Balaban J connectivity index is 1.45. The Kier molecular flexibility index (Phi) is 7.43. The monoisotopic (exact) mass is 551 g/mol. The van der Waals surface area contributed by atoms with Crippen molar-refractivity contribution in [2.24, 2.45) is 11.7 Å². The van der Waals surface area contributed by atoms with Gasteiger partial charge in [0.05, 0.1) is 29.2 Å². The summed E-state index contributed by atoms with van der Waals surface area (Å²) in [6.45, 7) is 5.17. The third-order valence-corrected chi connectivity index (χ3v) is 7.46. The Morgan fingerprint density at radius 3 is 2.45 bits per heavy atom. The molecular formula is C29H28F3N5O3. The second kappa shape index (κ2) is 10.8. The molecule has 0 bridgehead atoms. The molecule has 40 heavy (non-hydrogen) atoms. The number of rotatable bonds is 5. The van der Waals surface area contributed by atoms with E-state index in [2.05, 4.69) is 20.4 Å². The van der Waals surface area contributed by atoms with Crippen LogP contribution in [0, 0.1) is 37.2 Å². The Labute approximate surface area is 228 Å². The molecular weight excluding hydrogens is 523 g/mol. The molecule has 5 rings (SSSR count). The van der Waals surface area contributed by atoms with Crippen LogP contribution in [0.4, 0.5) is 18.9 Å². The lowest BCUT2D eigenvalue weighted by Crippen LogP contribution is -2.44. The van der Waals surface area contributed by atoms with Crippen LogP contribution in [0.25, 0.3) is 22.4 Å². The fourth-order valence-corrected chi connectivity index (χ4v) is 5.46. The van der Waals surface area contributed by atoms with Gasteiger partial charge in [-0.3, -0.25) is 9.78 Å². The van der Waals surface area contributed by atoms with E-state index in [0.717, 1.165) is 29.8 Å². The smallest absolute Gasteiger partial charge is 0.274 e. The number of pyridine rings is 2. The van der Waals surface area contributed by atoms with Gasteiger partial charge in [-0.2, -0.15) is 0 Å². The molecule has 4 atom stereocenters. The lowest BCUT2D eigenvalue weighted by atomic mass is 9.74. The molecule has 1 amide bonds. The number of hydrogen-bond donors (Lipinski definition) is 3. The number of aryl methyl sites for hydroxylation is 2. The summed E-state index contributed by atoms with van der Waals surface area (Å²) < 4.78 is 50.4. The van der Waals surface area contributed by atoms with Crippen LogP contribution in [0.3, 0.4) is 0 Å². The van der Waals surface area contributed by atoms with Gasteiger partial charge in [0.25, 0.3) is 5.91 Å². The van der Waals surface area contributed by atoms with Crippen molar-refractivity contribution in [3.05, 3.63) is 82.9 Å². The summed E-state index contributed by atoms with van der Waals surface area (Å²) in [4.78, 5) is 21.3. The Morgan fingerprint density at radius 2 is 1.80 bits per heavy atom. The number of halogens is 3. The van der Waals surface area contributed by atoms with Crippen molar-refractivity contribution < 1.29 is 27.6 Å². The summed E-state index contributed by atoms with van der Waals surface area (Å²) in [5, 5.41) is 16.8. The Morgan fingerprint density at radius 1 is 1.07 bits per heavy atom. The average molecular weight is 552 g/mol. The summed E-state index contributed by atoms with van der Waals surface area (Å²) in [5.74, 6) is -3.52. The first kappa shape index (κ1) is 27.5. The number of aliphatic hydroxyl groups excluding tert-OH is 1. The minimum atomic E-state index is -1.06. The number of nitrogens with zero attached hydrogens (tertiary/aromatic N) is 3. The van der Waals surface area contributed by atoms with Gasteiger partial charge in [0.2, 0.25) is 0 Å². The highest BCUT2D eigenvalue weighted by Crippen LogP contribution is 2.39. The quantitative estimate of drug-likeness (QED) is 0.308. The predicted octanol–water partition coefficient (Wildman–Crippen LogP) is 5.29. The molecule has 4 aromatic rings. The van der Waals surface area contributed by atoms with E-state index in [1.807, 2.05) is 6.92 Å². The van der Waals surface area contributed by atoms with Crippen LogP contribution in [0.5, 0.6) is 0 Å². The number of anilines is 1. The molecule has 3 aromatic heterocycles. The van der Waals surface area contributed by atoms with E-state index < -0.39 is 46.8 Å². The standard InChI is InChI=1S/C29H28F3N5O3/c1-13-8-16(11-22(33)28(13)38)18-6-7-34-12-24(18)36-29(39)23-5-4-19(30)27(35-23)26-20(31)9-17(10-21(26)32)25-14(2)37-40-15(25)3/h4-7,9-10,12-13,16,22,28,38H,8,11,33H2,1-3H3,(H,36,39)/t13-,16+,22+,28+/m0/s1. The van der Waals surface area contributed by atoms with Gasteiger partial charge in [0, 0.05) is 17.8 Å². The zero-order chi connectivity index (χ0) is 28.7. The number of nitrogens with one attached hydrogen (secondary N) is 1. The number of benzene rings is 1. The van der Waals surface area contributed by atoms with Gasteiger partial charge in [0.15, 0.2) is 0 Å². The lowest BCUT2D eigenvalue weighted by molar-refractivity contribution is 0.0521. The maximum atomic E-state index is 15.2. The third kappa shape index (κ3) is 5.09. The molecule has 1 fully saturated rings. The number of aromatic nitrogens is 3. The molecule has 1 aliphatic carbocycles. The third-order valence-electron chi connectivity index (χ3n) is 7.46. The molecule has 11 heteroatoms. The summed E-state index contributed by atoms with van der Waals surface area (Å²) in [6.07, 6.45) is 3.63. The molecule has 1 aromatic carbocycles. The van der Waals surface area contributed by atoms with Gasteiger partial charge in [0.1, 0.15) is 34.6 Å². The van der Waals surface area contributed by atoms with E-state index in [-0.39, 0.29) is 23.1 Å². The van der Waals surface area contributed by atoms with Crippen LogP contribution in [-0.4, -0.2) is 38.3 Å². The molecule has 1 saturated carbocycles. The molecule has 4 N–H and O–H groups in total. The molecule has 0 spiro atoms. The summed E-state index contributed by atoms with van der Waals surface area (Å²) in [7, 11) is 0. The summed E-state index contributed by atoms with van der Waals surface area (Å²) in [5.41, 5.74) is 6.79. The maximum Gasteiger partial charge on any atom is 0.274 e. The van der Waals surface area contributed by atoms with E-state index in [9.17, 15) is 14.3 Å². The highest BCUT2D eigenvalue weighted by molar-refractivity contribution is 6.03. The topological polar surface area (TPSA) is 127 Å². The SMILES string of the molecule is Cc1noc(C)c1-c1cc(F)c(-c2nc(C(=O)Nc3cnccc3[C@H]3C[C@@H](N)[C@H](O)[C@@H](C)C3)ccc2F)c(F)c1. The zero-order valence-electron chi connectivity index (χ0n) is 22.1. The first-order valence-corrected chi connectivity index (χ1v) is 12.8. The van der Waals surface area contributed by atoms with Crippen molar-refractivity contribution in [1.82, 2.24) is 15.1 Å². The Bertz CT molecular complexity index is 1540. The summed E-state index contributed by atoms with van der Waals surface area (Å²) >= 11 is 0. The highest BCUT2D eigenvalue weighted by Gasteiger charge is 2.34. The largest absolute Gasteiger partial charge is 0.391 e.